The molecule has 3 aromatic carbocycles. The Labute approximate surface area is 232 Å². The highest BCUT2D eigenvalue weighted by molar-refractivity contribution is 5.97. The lowest BCUT2D eigenvalue weighted by Crippen LogP contribution is -2.54. The maximum absolute atomic E-state index is 13.2. The number of piperazine rings is 1. The van der Waals surface area contributed by atoms with Crippen LogP contribution < -0.4 is 10.2 Å². The van der Waals surface area contributed by atoms with Crippen molar-refractivity contribution < 1.29 is 36.2 Å². The number of hydrogen-bond acceptors (Lipinski definition) is 5. The van der Waals surface area contributed by atoms with Gasteiger partial charge in [0.25, 0.3) is 5.91 Å². The van der Waals surface area contributed by atoms with Crippen LogP contribution in [-0.2, 0) is 17.1 Å². The van der Waals surface area contributed by atoms with Gasteiger partial charge in [-0.15, -0.1) is 0 Å². The fourth-order valence-electron chi connectivity index (χ4n) is 4.61. The smallest absolute Gasteiger partial charge is 0.379 e. The van der Waals surface area contributed by atoms with Crippen molar-refractivity contribution in [3.05, 3.63) is 83.4 Å². The summed E-state index contributed by atoms with van der Waals surface area (Å²) >= 11 is 0. The molecule has 12 heteroatoms. The molecule has 1 fully saturated rings. The number of rotatable bonds is 6. The second kappa shape index (κ2) is 11.4. The summed E-state index contributed by atoms with van der Waals surface area (Å²) in [6.07, 6.45) is -9.18. The lowest BCUT2D eigenvalue weighted by molar-refractivity contribution is -0.138. The Bertz CT molecular complexity index is 1420. The van der Waals surface area contributed by atoms with E-state index >= 15 is 0 Å². The first-order chi connectivity index (χ1) is 19.2. The molecule has 0 saturated carbocycles. The number of amides is 1. The summed E-state index contributed by atoms with van der Waals surface area (Å²) in [7, 11) is 0. The first kappa shape index (κ1) is 29.9. The standard InChI is InChI=1S/C29H26F6N4O2/c1-27(41,26(40)37-23-9-4-21(17-36)25(16-23)29(33,34)35)18-38-12-14-39(15-13-38)24-10-5-20(6-11-24)19-2-7-22(8-3-19)28(30,31)32/h2-11,16,41H,12-15,18H2,1H3,(H,37,40). The van der Waals surface area contributed by atoms with Gasteiger partial charge in [-0.1, -0.05) is 24.3 Å². The zero-order chi connectivity index (χ0) is 30.0. The number of alkyl halides is 6. The lowest BCUT2D eigenvalue weighted by Gasteiger charge is -2.38. The van der Waals surface area contributed by atoms with Crippen molar-refractivity contribution in [1.29, 1.82) is 5.26 Å². The van der Waals surface area contributed by atoms with E-state index in [9.17, 15) is 36.2 Å². The van der Waals surface area contributed by atoms with E-state index in [1.54, 1.807) is 0 Å². The molecule has 1 heterocycles. The van der Waals surface area contributed by atoms with E-state index in [4.69, 9.17) is 5.26 Å². The van der Waals surface area contributed by atoms with Gasteiger partial charge in [0.1, 0.15) is 0 Å². The van der Waals surface area contributed by atoms with E-state index in [0.717, 1.165) is 29.4 Å². The van der Waals surface area contributed by atoms with E-state index in [2.05, 4.69) is 10.2 Å². The number of nitrogens with one attached hydrogen (secondary N) is 1. The molecule has 216 valence electrons. The highest BCUT2D eigenvalue weighted by Gasteiger charge is 2.36. The van der Waals surface area contributed by atoms with Gasteiger partial charge >= 0.3 is 12.4 Å². The highest BCUT2D eigenvalue weighted by atomic mass is 19.4. The molecule has 6 nitrogen and oxygen atoms in total. The number of β-amino-alcohol motifs (C(OH)–C–C–N with tert-alkyl or cyclic N) is 1. The van der Waals surface area contributed by atoms with Gasteiger partial charge in [-0.3, -0.25) is 9.69 Å². The minimum Gasteiger partial charge on any atom is -0.379 e. The van der Waals surface area contributed by atoms with Gasteiger partial charge in [0.15, 0.2) is 5.60 Å². The van der Waals surface area contributed by atoms with Gasteiger partial charge in [0.2, 0.25) is 0 Å². The molecular weight excluding hydrogens is 550 g/mol. The third kappa shape index (κ3) is 7.17. The molecule has 1 amide bonds. The van der Waals surface area contributed by atoms with Crippen LogP contribution in [-0.4, -0.2) is 54.2 Å². The molecule has 4 rings (SSSR count). The highest BCUT2D eigenvalue weighted by Crippen LogP contribution is 2.34. The predicted octanol–water partition coefficient (Wildman–Crippen LogP) is 5.77. The predicted molar refractivity (Wildman–Crippen MR) is 141 cm³/mol. The molecule has 3 aromatic rings. The van der Waals surface area contributed by atoms with Crippen LogP contribution in [0.2, 0.25) is 0 Å². The Morgan fingerprint density at radius 1 is 0.878 bits per heavy atom. The summed E-state index contributed by atoms with van der Waals surface area (Å²) in [4.78, 5) is 16.7. The van der Waals surface area contributed by atoms with Crippen molar-refractivity contribution in [3.8, 4) is 17.2 Å². The van der Waals surface area contributed by atoms with E-state index < -0.39 is 40.6 Å². The Hall–Kier alpha value is -4.08. The summed E-state index contributed by atoms with van der Waals surface area (Å²) in [6, 6.07) is 16.6. The molecular formula is C29H26F6N4O2. The van der Waals surface area contributed by atoms with E-state index in [-0.39, 0.29) is 12.2 Å². The van der Waals surface area contributed by atoms with Crippen molar-refractivity contribution in [1.82, 2.24) is 4.90 Å². The summed E-state index contributed by atoms with van der Waals surface area (Å²) in [5.74, 6) is -0.878. The monoisotopic (exact) mass is 576 g/mol. The van der Waals surface area contributed by atoms with Gasteiger partial charge in [0.05, 0.1) is 22.8 Å². The maximum atomic E-state index is 13.2. The molecule has 0 spiro atoms. The first-order valence-electron chi connectivity index (χ1n) is 12.6. The molecule has 1 atom stereocenters. The second-order valence-corrected chi connectivity index (χ2v) is 9.98. The number of hydrogen-bond donors (Lipinski definition) is 2. The molecule has 0 aromatic heterocycles. The van der Waals surface area contributed by atoms with Crippen LogP contribution in [0.15, 0.2) is 66.7 Å². The van der Waals surface area contributed by atoms with Gasteiger partial charge < -0.3 is 15.3 Å². The summed E-state index contributed by atoms with van der Waals surface area (Å²) in [5.41, 5.74) is -2.22. The largest absolute Gasteiger partial charge is 0.417 e. The van der Waals surface area contributed by atoms with Gasteiger partial charge in [0, 0.05) is 44.1 Å². The maximum Gasteiger partial charge on any atom is 0.417 e. The van der Waals surface area contributed by atoms with Gasteiger partial charge in [-0.25, -0.2) is 0 Å². The second-order valence-electron chi connectivity index (χ2n) is 9.98. The topological polar surface area (TPSA) is 79.6 Å². The third-order valence-electron chi connectivity index (χ3n) is 6.87. The summed E-state index contributed by atoms with van der Waals surface area (Å²) in [5, 5.41) is 22.0. The average molecular weight is 577 g/mol. The number of aliphatic hydroxyl groups is 1. The van der Waals surface area contributed by atoms with E-state index in [1.165, 1.54) is 31.2 Å². The quantitative estimate of drug-likeness (QED) is 0.364. The zero-order valence-electron chi connectivity index (χ0n) is 21.9. The fraction of sp³-hybridized carbons (Fsp3) is 0.310. The number of carbonyl (C=O) groups excluding carboxylic acids is 1. The minimum absolute atomic E-state index is 0.0536. The van der Waals surface area contributed by atoms with Gasteiger partial charge in [-0.2, -0.15) is 31.6 Å². The third-order valence-corrected chi connectivity index (χ3v) is 6.87. The van der Waals surface area contributed by atoms with Crippen LogP contribution in [0.25, 0.3) is 11.1 Å². The number of nitrogens with zero attached hydrogens (tertiary/aromatic N) is 3. The SMILES string of the molecule is CC(O)(CN1CCN(c2ccc(-c3ccc(C(F)(F)F)cc3)cc2)CC1)C(=O)Nc1ccc(C#N)c(C(F)(F)F)c1. The van der Waals surface area contributed by atoms with Crippen LogP contribution in [0.1, 0.15) is 23.6 Å². The van der Waals surface area contributed by atoms with Crippen molar-refractivity contribution in [2.45, 2.75) is 24.9 Å². The number of halogens is 6. The molecule has 0 aliphatic carbocycles. The molecule has 1 aliphatic heterocycles. The molecule has 0 radical (unpaired) electrons. The van der Waals surface area contributed by atoms with E-state index in [1.807, 2.05) is 29.2 Å². The van der Waals surface area contributed by atoms with Crippen LogP contribution in [0, 0.1) is 11.3 Å². The Balaban J connectivity index is 1.33. The molecule has 1 unspecified atom stereocenters. The van der Waals surface area contributed by atoms with Crippen molar-refractivity contribution in [3.63, 3.8) is 0 Å². The van der Waals surface area contributed by atoms with E-state index in [0.29, 0.717) is 37.8 Å². The Morgan fingerprint density at radius 2 is 1.44 bits per heavy atom. The molecule has 0 bridgehead atoms. The molecule has 41 heavy (non-hydrogen) atoms. The number of benzene rings is 3. The van der Waals surface area contributed by atoms with Crippen molar-refractivity contribution >= 4 is 17.3 Å². The van der Waals surface area contributed by atoms with Crippen LogP contribution in [0.3, 0.4) is 0 Å². The number of anilines is 2. The van der Waals surface area contributed by atoms with Crippen LogP contribution >= 0.6 is 0 Å². The minimum atomic E-state index is -4.78. The molecule has 2 N–H and O–H groups in total. The summed E-state index contributed by atoms with van der Waals surface area (Å²) in [6.45, 7) is 3.37. The first-order valence-corrected chi connectivity index (χ1v) is 12.6. The number of nitriles is 1. The average Bonchev–Trinajstić information content (AvgIpc) is 2.92. The normalized spacial score (nSPS) is 16.1. The van der Waals surface area contributed by atoms with Crippen LogP contribution in [0.5, 0.6) is 0 Å². The number of carbonyl (C=O) groups is 1. The molecule has 1 saturated heterocycles. The Kier molecular flexibility index (Phi) is 8.33. The fourth-order valence-corrected chi connectivity index (χ4v) is 4.61. The Morgan fingerprint density at radius 3 is 1.95 bits per heavy atom. The summed E-state index contributed by atoms with van der Waals surface area (Å²) < 4.78 is 78.2. The zero-order valence-corrected chi connectivity index (χ0v) is 21.9. The van der Waals surface area contributed by atoms with Crippen molar-refractivity contribution in [2.75, 3.05) is 42.9 Å². The molecule has 1 aliphatic rings. The van der Waals surface area contributed by atoms with Gasteiger partial charge in [-0.05, 0) is 60.5 Å². The lowest BCUT2D eigenvalue weighted by atomic mass is 10.0. The van der Waals surface area contributed by atoms with Crippen molar-refractivity contribution in [2.24, 2.45) is 0 Å². The van der Waals surface area contributed by atoms with Crippen LogP contribution in [0.4, 0.5) is 37.7 Å².